The molecule has 0 aliphatic heterocycles. The molecule has 3 rings (SSSR count). The Morgan fingerprint density at radius 1 is 0.955 bits per heavy atom. The van der Waals surface area contributed by atoms with E-state index in [4.69, 9.17) is 10.5 Å². The third-order valence-electron chi connectivity index (χ3n) is 3.41. The van der Waals surface area contributed by atoms with Crippen LogP contribution < -0.4 is 10.5 Å². The van der Waals surface area contributed by atoms with E-state index in [1.165, 1.54) is 0 Å². The molecule has 2 aromatic heterocycles. The zero-order valence-electron chi connectivity index (χ0n) is 12.6. The topological polar surface area (TPSA) is 61.0 Å². The van der Waals surface area contributed by atoms with Crippen molar-refractivity contribution in [2.45, 2.75) is 13.8 Å². The zero-order chi connectivity index (χ0) is 15.5. The Morgan fingerprint density at radius 2 is 1.82 bits per heavy atom. The first-order valence-corrected chi connectivity index (χ1v) is 7.05. The predicted octanol–water partition coefficient (Wildman–Crippen LogP) is 4.13. The van der Waals surface area contributed by atoms with Crippen LogP contribution in [0.2, 0.25) is 0 Å². The highest BCUT2D eigenvalue weighted by atomic mass is 16.5. The van der Waals surface area contributed by atoms with Gasteiger partial charge in [-0.2, -0.15) is 0 Å². The molecule has 2 N–H and O–H groups in total. The molecule has 0 saturated heterocycles. The highest BCUT2D eigenvalue weighted by Gasteiger charge is 2.10. The maximum absolute atomic E-state index is 6.04. The van der Waals surface area contributed by atoms with E-state index >= 15 is 0 Å². The van der Waals surface area contributed by atoms with E-state index in [0.29, 0.717) is 11.7 Å². The van der Waals surface area contributed by atoms with Crippen molar-refractivity contribution in [1.82, 2.24) is 9.97 Å². The molecule has 0 radical (unpaired) electrons. The molecule has 0 spiro atoms. The molecule has 0 bridgehead atoms. The maximum Gasteiger partial charge on any atom is 0.227 e. The summed E-state index contributed by atoms with van der Waals surface area (Å²) in [5.74, 6) is 1.84. The first kappa shape index (κ1) is 14.1. The second-order valence-corrected chi connectivity index (χ2v) is 5.20. The summed E-state index contributed by atoms with van der Waals surface area (Å²) >= 11 is 0. The molecule has 4 nitrogen and oxygen atoms in total. The van der Waals surface area contributed by atoms with Crippen LogP contribution in [0.25, 0.3) is 11.1 Å². The number of nitrogen functional groups attached to an aromatic ring is 1. The van der Waals surface area contributed by atoms with Crippen LogP contribution in [-0.4, -0.2) is 9.97 Å². The van der Waals surface area contributed by atoms with Gasteiger partial charge >= 0.3 is 0 Å². The van der Waals surface area contributed by atoms with Crippen LogP contribution in [0.3, 0.4) is 0 Å². The minimum Gasteiger partial charge on any atom is -0.438 e. The molecule has 0 amide bonds. The average molecular weight is 291 g/mol. The van der Waals surface area contributed by atoms with Crippen LogP contribution in [0.1, 0.15) is 11.1 Å². The van der Waals surface area contributed by atoms with E-state index in [-0.39, 0.29) is 0 Å². The van der Waals surface area contributed by atoms with Gasteiger partial charge in [0, 0.05) is 18.0 Å². The van der Waals surface area contributed by atoms with Crippen LogP contribution >= 0.6 is 0 Å². The summed E-state index contributed by atoms with van der Waals surface area (Å²) in [6, 6.07) is 13.7. The fourth-order valence-electron chi connectivity index (χ4n) is 2.23. The molecule has 4 heteroatoms. The Bertz CT molecular complexity index is 815. The van der Waals surface area contributed by atoms with Crippen molar-refractivity contribution in [3.8, 4) is 22.8 Å². The maximum atomic E-state index is 6.04. The predicted molar refractivity (Wildman–Crippen MR) is 87.9 cm³/mol. The first-order valence-electron chi connectivity index (χ1n) is 7.05. The van der Waals surface area contributed by atoms with Crippen molar-refractivity contribution < 1.29 is 4.74 Å². The largest absolute Gasteiger partial charge is 0.438 e. The third kappa shape index (κ3) is 2.91. The van der Waals surface area contributed by atoms with Crippen molar-refractivity contribution in [2.24, 2.45) is 0 Å². The van der Waals surface area contributed by atoms with E-state index in [1.807, 2.05) is 50.2 Å². The number of ether oxygens (including phenoxy) is 1. The molecule has 1 aromatic carbocycles. The van der Waals surface area contributed by atoms with Gasteiger partial charge in [-0.05, 0) is 60.9 Å². The minimum atomic E-state index is 0.471. The van der Waals surface area contributed by atoms with E-state index < -0.39 is 0 Å². The Balaban J connectivity index is 2.03. The van der Waals surface area contributed by atoms with Gasteiger partial charge in [-0.15, -0.1) is 0 Å². The van der Waals surface area contributed by atoms with Gasteiger partial charge in [0.05, 0.1) is 0 Å². The van der Waals surface area contributed by atoms with Gasteiger partial charge in [0.1, 0.15) is 11.6 Å². The number of hydrogen-bond acceptors (Lipinski definition) is 4. The Morgan fingerprint density at radius 3 is 2.64 bits per heavy atom. The summed E-state index contributed by atoms with van der Waals surface area (Å²) in [7, 11) is 0. The Hall–Kier alpha value is -2.88. The number of aryl methyl sites for hydroxylation is 2. The number of anilines is 1. The van der Waals surface area contributed by atoms with Crippen LogP contribution in [0, 0.1) is 13.8 Å². The molecule has 0 unspecified atom stereocenters. The highest BCUT2D eigenvalue weighted by Crippen LogP contribution is 2.33. The summed E-state index contributed by atoms with van der Waals surface area (Å²) in [6.45, 7) is 4.05. The number of nitrogens with zero attached hydrogens (tertiary/aromatic N) is 2. The number of pyridine rings is 2. The lowest BCUT2D eigenvalue weighted by atomic mass is 10.1. The van der Waals surface area contributed by atoms with E-state index in [0.717, 1.165) is 28.0 Å². The van der Waals surface area contributed by atoms with E-state index in [1.54, 1.807) is 12.4 Å². The fourth-order valence-corrected chi connectivity index (χ4v) is 2.23. The SMILES string of the molecule is Cc1ccc(C)c(Oc2ncccc2-c2ccnc(N)c2)c1. The average Bonchev–Trinajstić information content (AvgIpc) is 2.51. The molecule has 0 atom stereocenters. The summed E-state index contributed by atoms with van der Waals surface area (Å²) in [6.07, 6.45) is 3.40. The number of rotatable bonds is 3. The van der Waals surface area contributed by atoms with Gasteiger partial charge in [0.2, 0.25) is 5.88 Å². The lowest BCUT2D eigenvalue weighted by Crippen LogP contribution is -1.95. The molecular formula is C18H17N3O. The summed E-state index contributed by atoms with van der Waals surface area (Å²) in [4.78, 5) is 8.39. The number of nitrogens with two attached hydrogens (primary N) is 1. The van der Waals surface area contributed by atoms with Gasteiger partial charge in [-0.25, -0.2) is 9.97 Å². The molecular weight excluding hydrogens is 274 g/mol. The van der Waals surface area contributed by atoms with Gasteiger partial charge in [0.25, 0.3) is 0 Å². The first-order chi connectivity index (χ1) is 10.6. The summed E-state index contributed by atoms with van der Waals surface area (Å²) in [5.41, 5.74) is 9.80. The summed E-state index contributed by atoms with van der Waals surface area (Å²) < 4.78 is 6.04. The van der Waals surface area contributed by atoms with Crippen LogP contribution in [0.15, 0.2) is 54.9 Å². The van der Waals surface area contributed by atoms with Crippen molar-refractivity contribution in [1.29, 1.82) is 0 Å². The Labute approximate surface area is 129 Å². The number of aromatic nitrogens is 2. The quantitative estimate of drug-likeness (QED) is 0.788. The van der Waals surface area contributed by atoms with Crippen molar-refractivity contribution in [3.63, 3.8) is 0 Å². The molecule has 2 heterocycles. The molecule has 3 aromatic rings. The van der Waals surface area contributed by atoms with Crippen molar-refractivity contribution in [2.75, 3.05) is 5.73 Å². The van der Waals surface area contributed by atoms with Gasteiger partial charge in [-0.1, -0.05) is 12.1 Å². The molecule has 0 saturated carbocycles. The monoisotopic (exact) mass is 291 g/mol. The standard InChI is InChI=1S/C18H17N3O/c1-12-5-6-13(2)16(10-12)22-18-15(4-3-8-21-18)14-7-9-20-17(19)11-14/h3-11H,1-2H3,(H2,19,20). The zero-order valence-corrected chi connectivity index (χ0v) is 12.6. The lowest BCUT2D eigenvalue weighted by Gasteiger charge is -2.12. The van der Waals surface area contributed by atoms with E-state index in [9.17, 15) is 0 Å². The molecule has 0 fully saturated rings. The van der Waals surface area contributed by atoms with E-state index in [2.05, 4.69) is 16.0 Å². The van der Waals surface area contributed by atoms with Crippen LogP contribution in [-0.2, 0) is 0 Å². The van der Waals surface area contributed by atoms with Crippen molar-refractivity contribution >= 4 is 5.82 Å². The number of hydrogen-bond donors (Lipinski definition) is 1. The minimum absolute atomic E-state index is 0.471. The smallest absolute Gasteiger partial charge is 0.227 e. The molecule has 0 aliphatic rings. The van der Waals surface area contributed by atoms with Crippen LogP contribution in [0.4, 0.5) is 5.82 Å². The normalized spacial score (nSPS) is 10.5. The molecule has 0 aliphatic carbocycles. The van der Waals surface area contributed by atoms with Crippen LogP contribution in [0.5, 0.6) is 11.6 Å². The molecule has 22 heavy (non-hydrogen) atoms. The third-order valence-corrected chi connectivity index (χ3v) is 3.41. The van der Waals surface area contributed by atoms with Gasteiger partial charge in [0.15, 0.2) is 0 Å². The fraction of sp³-hybridized carbons (Fsp3) is 0.111. The second kappa shape index (κ2) is 5.85. The highest BCUT2D eigenvalue weighted by molar-refractivity contribution is 5.70. The van der Waals surface area contributed by atoms with Gasteiger partial charge in [-0.3, -0.25) is 0 Å². The molecule has 110 valence electrons. The summed E-state index contributed by atoms with van der Waals surface area (Å²) in [5, 5.41) is 0. The Kier molecular flexibility index (Phi) is 3.74. The second-order valence-electron chi connectivity index (χ2n) is 5.20. The van der Waals surface area contributed by atoms with Crippen molar-refractivity contribution in [3.05, 3.63) is 66.0 Å². The number of benzene rings is 1. The lowest BCUT2D eigenvalue weighted by molar-refractivity contribution is 0.461. The van der Waals surface area contributed by atoms with Gasteiger partial charge < -0.3 is 10.5 Å².